The van der Waals surface area contributed by atoms with Crippen LogP contribution in [0.25, 0.3) is 0 Å². The van der Waals surface area contributed by atoms with Crippen LogP contribution in [-0.4, -0.2) is 20.0 Å². The van der Waals surface area contributed by atoms with Crippen molar-refractivity contribution in [2.45, 2.75) is 58.5 Å². The quantitative estimate of drug-likeness (QED) is 0.594. The van der Waals surface area contributed by atoms with E-state index in [-0.39, 0.29) is 0 Å². The molecule has 0 amide bonds. The van der Waals surface area contributed by atoms with E-state index in [1.165, 1.54) is 12.8 Å². The van der Waals surface area contributed by atoms with E-state index in [0.717, 1.165) is 20.0 Å². The van der Waals surface area contributed by atoms with Crippen LogP contribution in [0.1, 0.15) is 38.5 Å². The van der Waals surface area contributed by atoms with E-state index in [1.807, 2.05) is 0 Å². The second-order valence-electron chi connectivity index (χ2n) is 4.78. The fourth-order valence-corrected chi connectivity index (χ4v) is 7.92. The van der Waals surface area contributed by atoms with Gasteiger partial charge in [-0.2, -0.15) is 0 Å². The molecule has 0 N–H and O–H groups in total. The van der Waals surface area contributed by atoms with E-state index in [2.05, 4.69) is 23.5 Å². The van der Waals surface area contributed by atoms with Gasteiger partial charge in [0.05, 0.1) is 0 Å². The number of thioether (sulfide) groups is 2. The minimum Gasteiger partial charge on any atom is -0.148 e. The SMILES string of the molecule is C1CC2SC2(C23CCCC2S3)C1. The zero-order valence-electron chi connectivity index (χ0n) is 7.21. The van der Waals surface area contributed by atoms with Crippen molar-refractivity contribution in [3.8, 4) is 0 Å². The van der Waals surface area contributed by atoms with E-state index in [4.69, 9.17) is 0 Å². The number of hydrogen-bond donors (Lipinski definition) is 0. The molecule has 4 atom stereocenters. The molecule has 0 radical (unpaired) electrons. The van der Waals surface area contributed by atoms with Crippen molar-refractivity contribution in [1.29, 1.82) is 0 Å². The summed E-state index contributed by atoms with van der Waals surface area (Å²) in [4.78, 5) is 0. The van der Waals surface area contributed by atoms with Crippen LogP contribution in [0.5, 0.6) is 0 Å². The maximum Gasteiger partial charge on any atom is 0.0439 e. The molecule has 2 saturated carbocycles. The van der Waals surface area contributed by atoms with Crippen molar-refractivity contribution in [3.63, 3.8) is 0 Å². The maximum atomic E-state index is 2.34. The standard InChI is InChI=1S/C10H14S2/c1-3-7-9(5-1,11-7)10-6-2-4-8(10)12-10/h7-8H,1-6H2. The summed E-state index contributed by atoms with van der Waals surface area (Å²) < 4.78 is 1.66. The minimum absolute atomic E-state index is 0.832. The fourth-order valence-electron chi connectivity index (χ4n) is 3.73. The molecule has 4 fully saturated rings. The Morgan fingerprint density at radius 3 is 1.58 bits per heavy atom. The average molecular weight is 198 g/mol. The van der Waals surface area contributed by atoms with Crippen LogP contribution < -0.4 is 0 Å². The van der Waals surface area contributed by atoms with Gasteiger partial charge in [0.1, 0.15) is 0 Å². The van der Waals surface area contributed by atoms with Gasteiger partial charge in [-0.3, -0.25) is 0 Å². The van der Waals surface area contributed by atoms with Gasteiger partial charge in [-0.15, -0.1) is 23.5 Å². The third kappa shape index (κ3) is 0.579. The predicted octanol–water partition coefficient (Wildman–Crippen LogP) is 3.06. The van der Waals surface area contributed by atoms with E-state index >= 15 is 0 Å². The normalized spacial score (nSPS) is 66.0. The molecule has 12 heavy (non-hydrogen) atoms. The van der Waals surface area contributed by atoms with Gasteiger partial charge >= 0.3 is 0 Å². The van der Waals surface area contributed by atoms with Gasteiger partial charge < -0.3 is 0 Å². The number of rotatable bonds is 1. The Labute approximate surface area is 82.2 Å². The first-order valence-corrected chi connectivity index (χ1v) is 6.99. The summed E-state index contributed by atoms with van der Waals surface area (Å²) in [5, 5.41) is 2.21. The highest BCUT2D eigenvalue weighted by Crippen LogP contribution is 2.82. The lowest BCUT2D eigenvalue weighted by molar-refractivity contribution is 0.539. The molecule has 4 unspecified atom stereocenters. The Morgan fingerprint density at radius 1 is 0.833 bits per heavy atom. The Kier molecular flexibility index (Phi) is 1.10. The van der Waals surface area contributed by atoms with E-state index in [9.17, 15) is 0 Å². The molecule has 2 heteroatoms. The molecule has 2 saturated heterocycles. The van der Waals surface area contributed by atoms with E-state index in [1.54, 1.807) is 25.7 Å². The summed E-state index contributed by atoms with van der Waals surface area (Å²) in [6.07, 6.45) is 9.27. The van der Waals surface area contributed by atoms with Crippen LogP contribution in [0, 0.1) is 0 Å². The van der Waals surface area contributed by atoms with Crippen LogP contribution in [0.4, 0.5) is 0 Å². The molecule has 0 nitrogen and oxygen atoms in total. The van der Waals surface area contributed by atoms with Crippen LogP contribution in [0.15, 0.2) is 0 Å². The molecule has 4 aliphatic rings. The van der Waals surface area contributed by atoms with Gasteiger partial charge in [-0.1, -0.05) is 12.8 Å². The van der Waals surface area contributed by atoms with Crippen LogP contribution in [0.2, 0.25) is 0 Å². The highest BCUT2D eigenvalue weighted by atomic mass is 32.2. The van der Waals surface area contributed by atoms with Gasteiger partial charge in [0.25, 0.3) is 0 Å². The zero-order chi connectivity index (χ0) is 7.81. The predicted molar refractivity (Wildman–Crippen MR) is 55.9 cm³/mol. The van der Waals surface area contributed by atoms with E-state index < -0.39 is 0 Å². The molecule has 66 valence electrons. The molecule has 0 spiro atoms. The number of fused-ring (bicyclic) bond motifs is 3. The fraction of sp³-hybridized carbons (Fsp3) is 1.00. The summed E-state index contributed by atoms with van der Waals surface area (Å²) in [6, 6.07) is 0. The molecule has 0 bridgehead atoms. The lowest BCUT2D eigenvalue weighted by Crippen LogP contribution is -2.30. The average Bonchev–Trinajstić information content (AvgIpc) is 2.91. The highest BCUT2D eigenvalue weighted by Gasteiger charge is 2.79. The Bertz CT molecular complexity index is 226. The molecule has 0 aromatic carbocycles. The van der Waals surface area contributed by atoms with Crippen LogP contribution in [0.3, 0.4) is 0 Å². The summed E-state index contributed by atoms with van der Waals surface area (Å²) in [5.41, 5.74) is 0. The van der Waals surface area contributed by atoms with Crippen LogP contribution in [-0.2, 0) is 0 Å². The van der Waals surface area contributed by atoms with Crippen molar-refractivity contribution in [2.75, 3.05) is 0 Å². The van der Waals surface area contributed by atoms with Gasteiger partial charge in [0.15, 0.2) is 0 Å². The zero-order valence-corrected chi connectivity index (χ0v) is 8.85. The first-order chi connectivity index (χ1) is 5.87. The van der Waals surface area contributed by atoms with Gasteiger partial charge in [-0.05, 0) is 25.7 Å². The molecule has 0 aromatic rings. The lowest BCUT2D eigenvalue weighted by atomic mass is 9.89. The smallest absolute Gasteiger partial charge is 0.0439 e. The van der Waals surface area contributed by atoms with Crippen molar-refractivity contribution >= 4 is 23.5 Å². The van der Waals surface area contributed by atoms with Crippen molar-refractivity contribution in [1.82, 2.24) is 0 Å². The second-order valence-corrected chi connectivity index (χ2v) is 7.84. The number of hydrogen-bond acceptors (Lipinski definition) is 2. The first-order valence-electron chi connectivity index (χ1n) is 5.23. The summed E-state index contributed by atoms with van der Waals surface area (Å²) in [6.45, 7) is 0. The third-order valence-electron chi connectivity index (χ3n) is 4.38. The molecular formula is C10H14S2. The first kappa shape index (κ1) is 7.05. The van der Waals surface area contributed by atoms with Gasteiger partial charge in [0, 0.05) is 20.0 Å². The van der Waals surface area contributed by atoms with Crippen molar-refractivity contribution in [2.24, 2.45) is 0 Å². The van der Waals surface area contributed by atoms with Gasteiger partial charge in [0.2, 0.25) is 0 Å². The summed E-state index contributed by atoms with van der Waals surface area (Å²) in [7, 11) is 0. The van der Waals surface area contributed by atoms with Crippen LogP contribution >= 0.6 is 23.5 Å². The van der Waals surface area contributed by atoms with E-state index in [0.29, 0.717) is 0 Å². The molecule has 0 aromatic heterocycles. The van der Waals surface area contributed by atoms with Gasteiger partial charge in [-0.25, -0.2) is 0 Å². The molecular weight excluding hydrogens is 184 g/mol. The van der Waals surface area contributed by atoms with Crippen molar-refractivity contribution < 1.29 is 0 Å². The molecule has 2 heterocycles. The topological polar surface area (TPSA) is 0 Å². The largest absolute Gasteiger partial charge is 0.148 e. The monoisotopic (exact) mass is 198 g/mol. The Morgan fingerprint density at radius 2 is 1.33 bits per heavy atom. The molecule has 2 aliphatic carbocycles. The summed E-state index contributed by atoms with van der Waals surface area (Å²) in [5.74, 6) is 0. The minimum atomic E-state index is 0.832. The molecule has 2 aliphatic heterocycles. The molecule has 4 rings (SSSR count). The summed E-state index contributed by atoms with van der Waals surface area (Å²) >= 11 is 4.69. The highest BCUT2D eigenvalue weighted by molar-refractivity contribution is 8.14. The lowest BCUT2D eigenvalue weighted by Gasteiger charge is -2.19. The third-order valence-corrected chi connectivity index (χ3v) is 8.39. The second kappa shape index (κ2) is 1.88. The maximum absolute atomic E-state index is 2.34. The van der Waals surface area contributed by atoms with Crippen molar-refractivity contribution in [3.05, 3.63) is 0 Å². The Balaban J connectivity index is 1.73. The Hall–Kier alpha value is 0.700.